The monoisotopic (exact) mass is 340 g/mol. The van der Waals surface area contributed by atoms with Crippen LogP contribution in [0.4, 0.5) is 0 Å². The van der Waals surface area contributed by atoms with E-state index in [0.717, 1.165) is 16.7 Å². The maximum absolute atomic E-state index is 12.4. The highest BCUT2D eigenvalue weighted by Crippen LogP contribution is 2.31. The highest BCUT2D eigenvalue weighted by Gasteiger charge is 2.29. The molecule has 5 heteroatoms. The van der Waals surface area contributed by atoms with E-state index < -0.39 is 12.1 Å². The minimum absolute atomic E-state index is 0.0621. The molecule has 3 rings (SSSR count). The quantitative estimate of drug-likeness (QED) is 0.632. The van der Waals surface area contributed by atoms with Crippen LogP contribution in [0.25, 0.3) is 0 Å². The summed E-state index contributed by atoms with van der Waals surface area (Å²) in [4.78, 5) is 24.6. The van der Waals surface area contributed by atoms with Crippen LogP contribution in [-0.4, -0.2) is 31.1 Å². The first-order valence-electron chi connectivity index (χ1n) is 8.12. The van der Waals surface area contributed by atoms with E-state index in [1.54, 1.807) is 18.2 Å². The second-order valence-corrected chi connectivity index (χ2v) is 6.17. The van der Waals surface area contributed by atoms with E-state index in [2.05, 4.69) is 0 Å². The predicted molar refractivity (Wildman–Crippen MR) is 92.3 cm³/mol. The van der Waals surface area contributed by atoms with Crippen molar-refractivity contribution in [2.24, 2.45) is 0 Å². The fourth-order valence-electron chi connectivity index (χ4n) is 3.06. The number of carbonyl (C=O) groups is 2. The van der Waals surface area contributed by atoms with Gasteiger partial charge in [-0.25, -0.2) is 4.79 Å². The Morgan fingerprint density at radius 2 is 1.72 bits per heavy atom. The van der Waals surface area contributed by atoms with Crippen LogP contribution in [0.15, 0.2) is 36.4 Å². The summed E-state index contributed by atoms with van der Waals surface area (Å²) < 4.78 is 16.2. The van der Waals surface area contributed by atoms with Crippen molar-refractivity contribution in [3.63, 3.8) is 0 Å². The van der Waals surface area contributed by atoms with Crippen LogP contribution in [0.1, 0.15) is 27.0 Å². The van der Waals surface area contributed by atoms with Gasteiger partial charge in [-0.05, 0) is 44.0 Å². The molecule has 0 saturated heterocycles. The summed E-state index contributed by atoms with van der Waals surface area (Å²) in [5.41, 5.74) is 3.45. The van der Waals surface area contributed by atoms with Crippen LogP contribution >= 0.6 is 0 Å². The molecule has 1 aliphatic rings. The first-order valence-corrected chi connectivity index (χ1v) is 8.12. The summed E-state index contributed by atoms with van der Waals surface area (Å²) in [5.74, 6) is 0.256. The second kappa shape index (κ2) is 6.97. The Kier molecular flexibility index (Phi) is 4.74. The molecule has 1 heterocycles. The van der Waals surface area contributed by atoms with E-state index in [1.807, 2.05) is 39.0 Å². The SMILES string of the molecule is Cc1cc(C)c(C(=O)COC(=O)[C@H]2COc3ccccc3O2)c(C)c1. The number of carbonyl (C=O) groups excluding carboxylic acids is 2. The summed E-state index contributed by atoms with van der Waals surface area (Å²) in [6.07, 6.45) is -0.872. The van der Waals surface area contributed by atoms with Crippen LogP contribution in [-0.2, 0) is 9.53 Å². The average molecular weight is 340 g/mol. The molecule has 0 amide bonds. The number of fused-ring (bicyclic) bond motifs is 1. The molecule has 0 radical (unpaired) electrons. The molecule has 2 aromatic carbocycles. The maximum atomic E-state index is 12.4. The molecule has 5 nitrogen and oxygen atoms in total. The first-order chi connectivity index (χ1) is 12.0. The predicted octanol–water partition coefficient (Wildman–Crippen LogP) is 3.18. The Morgan fingerprint density at radius 1 is 1.08 bits per heavy atom. The molecular weight excluding hydrogens is 320 g/mol. The van der Waals surface area contributed by atoms with Gasteiger partial charge in [0.25, 0.3) is 0 Å². The van der Waals surface area contributed by atoms with Crippen LogP contribution in [0.3, 0.4) is 0 Å². The van der Waals surface area contributed by atoms with Crippen molar-refractivity contribution in [2.45, 2.75) is 26.9 Å². The molecular formula is C20H20O5. The van der Waals surface area contributed by atoms with Crippen LogP contribution in [0, 0.1) is 20.8 Å². The lowest BCUT2D eigenvalue weighted by Crippen LogP contribution is -2.38. The van der Waals surface area contributed by atoms with Crippen molar-refractivity contribution in [3.8, 4) is 11.5 Å². The standard InChI is InChI=1S/C20H20O5/c1-12-8-13(2)19(14(3)9-12)15(21)10-24-20(22)18-11-23-16-6-4-5-7-17(16)25-18/h4-9,18H,10-11H2,1-3H3/t18-/m1/s1. The molecule has 25 heavy (non-hydrogen) atoms. The molecule has 0 spiro atoms. The third kappa shape index (κ3) is 3.65. The smallest absolute Gasteiger partial charge is 0.351 e. The first kappa shape index (κ1) is 17.0. The summed E-state index contributed by atoms with van der Waals surface area (Å²) in [7, 11) is 0. The molecule has 130 valence electrons. The molecule has 2 aromatic rings. The third-order valence-corrected chi connectivity index (χ3v) is 4.07. The Labute approximate surface area is 146 Å². The molecule has 1 aliphatic heterocycles. The largest absolute Gasteiger partial charge is 0.485 e. The number of ether oxygens (including phenoxy) is 3. The summed E-state index contributed by atoms with van der Waals surface area (Å²) in [5, 5.41) is 0. The van der Waals surface area contributed by atoms with Gasteiger partial charge in [0.2, 0.25) is 11.9 Å². The number of benzene rings is 2. The molecule has 0 N–H and O–H groups in total. The fraction of sp³-hybridized carbons (Fsp3) is 0.300. The lowest BCUT2D eigenvalue weighted by molar-refractivity contribution is -0.153. The van der Waals surface area contributed by atoms with Gasteiger partial charge in [0.05, 0.1) is 0 Å². The number of hydrogen-bond acceptors (Lipinski definition) is 5. The Balaban J connectivity index is 1.63. The van der Waals surface area contributed by atoms with E-state index in [-0.39, 0.29) is 19.0 Å². The summed E-state index contributed by atoms with van der Waals surface area (Å²) in [6, 6.07) is 11.0. The van der Waals surface area contributed by atoms with Gasteiger partial charge in [0.1, 0.15) is 6.61 Å². The molecule has 0 aliphatic carbocycles. The van der Waals surface area contributed by atoms with Crippen molar-refractivity contribution >= 4 is 11.8 Å². The van der Waals surface area contributed by atoms with Crippen LogP contribution in [0.2, 0.25) is 0 Å². The van der Waals surface area contributed by atoms with Gasteiger partial charge in [0.15, 0.2) is 18.1 Å². The van der Waals surface area contributed by atoms with E-state index in [1.165, 1.54) is 0 Å². The molecule has 0 saturated carbocycles. The van der Waals surface area contributed by atoms with E-state index in [9.17, 15) is 9.59 Å². The van der Waals surface area contributed by atoms with Crippen molar-refractivity contribution in [3.05, 3.63) is 58.7 Å². The van der Waals surface area contributed by atoms with Gasteiger partial charge < -0.3 is 14.2 Å². The van der Waals surface area contributed by atoms with Crippen molar-refractivity contribution in [2.75, 3.05) is 13.2 Å². The van der Waals surface area contributed by atoms with Crippen LogP contribution < -0.4 is 9.47 Å². The number of Topliss-reactive ketones (excluding diaryl/α,β-unsaturated/α-hetero) is 1. The lowest BCUT2D eigenvalue weighted by Gasteiger charge is -2.24. The summed E-state index contributed by atoms with van der Waals surface area (Å²) >= 11 is 0. The van der Waals surface area contributed by atoms with Crippen molar-refractivity contribution in [1.29, 1.82) is 0 Å². The zero-order valence-corrected chi connectivity index (χ0v) is 14.5. The number of esters is 1. The molecule has 0 aromatic heterocycles. The van der Waals surface area contributed by atoms with E-state index >= 15 is 0 Å². The zero-order chi connectivity index (χ0) is 18.0. The van der Waals surface area contributed by atoms with Gasteiger partial charge in [-0.2, -0.15) is 0 Å². The molecule has 0 unspecified atom stereocenters. The average Bonchev–Trinajstić information content (AvgIpc) is 2.58. The van der Waals surface area contributed by atoms with Gasteiger partial charge >= 0.3 is 5.97 Å². The highest BCUT2D eigenvalue weighted by molar-refractivity contribution is 6.00. The van der Waals surface area contributed by atoms with Gasteiger partial charge in [-0.3, -0.25) is 4.79 Å². The van der Waals surface area contributed by atoms with Gasteiger partial charge in [-0.1, -0.05) is 29.8 Å². The minimum atomic E-state index is -0.872. The number of ketones is 1. The van der Waals surface area contributed by atoms with Crippen LogP contribution in [0.5, 0.6) is 11.5 Å². The Morgan fingerprint density at radius 3 is 2.40 bits per heavy atom. The van der Waals surface area contributed by atoms with Crippen molar-refractivity contribution < 1.29 is 23.8 Å². The third-order valence-electron chi connectivity index (χ3n) is 4.07. The summed E-state index contributed by atoms with van der Waals surface area (Å²) in [6.45, 7) is 5.48. The zero-order valence-electron chi connectivity index (χ0n) is 14.5. The van der Waals surface area contributed by atoms with Gasteiger partial charge in [0, 0.05) is 5.56 Å². The second-order valence-electron chi connectivity index (χ2n) is 6.17. The van der Waals surface area contributed by atoms with Gasteiger partial charge in [-0.15, -0.1) is 0 Å². The number of para-hydroxylation sites is 2. The minimum Gasteiger partial charge on any atom is -0.485 e. The normalized spacial score (nSPS) is 15.6. The molecule has 1 atom stereocenters. The van der Waals surface area contributed by atoms with E-state index in [0.29, 0.717) is 17.1 Å². The molecule has 0 bridgehead atoms. The maximum Gasteiger partial charge on any atom is 0.351 e. The topological polar surface area (TPSA) is 61.8 Å². The number of hydrogen-bond donors (Lipinski definition) is 0. The molecule has 0 fully saturated rings. The van der Waals surface area contributed by atoms with E-state index in [4.69, 9.17) is 14.2 Å². The number of aryl methyl sites for hydroxylation is 3. The lowest BCUT2D eigenvalue weighted by atomic mass is 9.97. The van der Waals surface area contributed by atoms with Crippen molar-refractivity contribution in [1.82, 2.24) is 0 Å². The fourth-order valence-corrected chi connectivity index (χ4v) is 3.06. The highest BCUT2D eigenvalue weighted by atomic mass is 16.6. The number of rotatable bonds is 4. The Bertz CT molecular complexity index is 802. The Hall–Kier alpha value is -2.82.